The standard InChI is InChI=1S/C27H30N4O7S2/c1-4-40(35,36)21-16-39-26(28-21)30-24(32)23(17(2)18-8-6-5-7-9-18)31-25(33)22(29-27(31)34)19-10-12-20(13-11-19)38-15-14-37-3/h5-13,16-17,22-23H,4,14-15H2,1-3H3,(H,29,34)(H,28,30,32)/t17?,22-,23?/m1/s1. The number of thiazole rings is 1. The maximum absolute atomic E-state index is 13.7. The van der Waals surface area contributed by atoms with Crippen LogP contribution in [-0.4, -0.2) is 68.3 Å². The van der Waals surface area contributed by atoms with Crippen molar-refractivity contribution < 1.29 is 32.3 Å². The summed E-state index contributed by atoms with van der Waals surface area (Å²) in [6.07, 6.45) is 0. The molecule has 2 unspecified atom stereocenters. The fourth-order valence-electron chi connectivity index (χ4n) is 4.28. The van der Waals surface area contributed by atoms with Crippen LogP contribution in [0.4, 0.5) is 9.93 Å². The molecule has 0 radical (unpaired) electrons. The van der Waals surface area contributed by atoms with Gasteiger partial charge in [-0.15, -0.1) is 11.3 Å². The summed E-state index contributed by atoms with van der Waals surface area (Å²) < 4.78 is 34.9. The molecule has 4 rings (SSSR count). The lowest BCUT2D eigenvalue weighted by molar-refractivity contribution is -0.134. The summed E-state index contributed by atoms with van der Waals surface area (Å²) >= 11 is 0.949. The number of hydrogen-bond acceptors (Lipinski definition) is 9. The van der Waals surface area contributed by atoms with Crippen LogP contribution in [0.2, 0.25) is 0 Å². The number of nitrogens with one attached hydrogen (secondary N) is 2. The van der Waals surface area contributed by atoms with Crippen molar-refractivity contribution >= 4 is 44.2 Å². The van der Waals surface area contributed by atoms with Crippen LogP contribution in [0, 0.1) is 0 Å². The van der Waals surface area contributed by atoms with Gasteiger partial charge in [0.2, 0.25) is 5.91 Å². The molecular formula is C27H30N4O7S2. The van der Waals surface area contributed by atoms with Crippen LogP contribution in [-0.2, 0) is 24.2 Å². The SMILES string of the molecule is CCS(=O)(=O)c1csc(NC(=O)C(C(C)c2ccccc2)N2C(=O)N[C@H](c3ccc(OCCOC)cc3)C2=O)n1. The number of imide groups is 1. The Labute approximate surface area is 236 Å². The van der Waals surface area contributed by atoms with Crippen LogP contribution in [0.15, 0.2) is 65.0 Å². The molecule has 2 aromatic carbocycles. The highest BCUT2D eigenvalue weighted by molar-refractivity contribution is 7.91. The molecule has 40 heavy (non-hydrogen) atoms. The molecule has 212 valence electrons. The monoisotopic (exact) mass is 586 g/mol. The number of nitrogens with zero attached hydrogens (tertiary/aromatic N) is 2. The Hall–Kier alpha value is -3.81. The second kappa shape index (κ2) is 12.6. The van der Waals surface area contributed by atoms with Crippen molar-refractivity contribution in [2.75, 3.05) is 31.4 Å². The van der Waals surface area contributed by atoms with Gasteiger partial charge in [-0.3, -0.25) is 9.59 Å². The minimum absolute atomic E-state index is 0.0509. The average molecular weight is 587 g/mol. The molecule has 0 saturated carbocycles. The maximum Gasteiger partial charge on any atom is 0.325 e. The molecule has 3 atom stereocenters. The van der Waals surface area contributed by atoms with Gasteiger partial charge in [0.15, 0.2) is 20.0 Å². The Morgan fingerprint density at radius 1 is 1.12 bits per heavy atom. The van der Waals surface area contributed by atoms with Gasteiger partial charge in [0.1, 0.15) is 24.4 Å². The van der Waals surface area contributed by atoms with Gasteiger partial charge in [-0.05, 0) is 23.3 Å². The summed E-state index contributed by atoms with van der Waals surface area (Å²) in [7, 11) is -2.00. The zero-order valence-electron chi connectivity index (χ0n) is 22.2. The summed E-state index contributed by atoms with van der Waals surface area (Å²) in [4.78, 5) is 45.5. The molecule has 1 aliphatic heterocycles. The first-order chi connectivity index (χ1) is 19.2. The normalized spacial score (nSPS) is 16.9. The third-order valence-electron chi connectivity index (χ3n) is 6.50. The van der Waals surface area contributed by atoms with Crippen molar-refractivity contribution in [3.63, 3.8) is 0 Å². The largest absolute Gasteiger partial charge is 0.491 e. The van der Waals surface area contributed by atoms with Crippen LogP contribution < -0.4 is 15.4 Å². The molecule has 2 N–H and O–H groups in total. The molecule has 13 heteroatoms. The molecule has 1 fully saturated rings. The zero-order valence-corrected chi connectivity index (χ0v) is 23.8. The molecule has 0 aliphatic carbocycles. The third-order valence-corrected chi connectivity index (χ3v) is 9.01. The average Bonchev–Trinajstić information content (AvgIpc) is 3.55. The van der Waals surface area contributed by atoms with E-state index in [0.717, 1.165) is 21.8 Å². The fourth-order valence-corrected chi connectivity index (χ4v) is 6.17. The molecule has 1 aromatic heterocycles. The number of benzene rings is 2. The van der Waals surface area contributed by atoms with Gasteiger partial charge in [0.05, 0.1) is 12.4 Å². The van der Waals surface area contributed by atoms with E-state index in [-0.39, 0.29) is 15.9 Å². The van der Waals surface area contributed by atoms with Gasteiger partial charge in [-0.2, -0.15) is 0 Å². The van der Waals surface area contributed by atoms with Crippen molar-refractivity contribution in [1.82, 2.24) is 15.2 Å². The van der Waals surface area contributed by atoms with Crippen molar-refractivity contribution in [3.8, 4) is 5.75 Å². The number of carbonyl (C=O) groups is 3. The van der Waals surface area contributed by atoms with E-state index in [2.05, 4.69) is 15.6 Å². The lowest BCUT2D eigenvalue weighted by Crippen LogP contribution is -2.50. The van der Waals surface area contributed by atoms with Crippen LogP contribution in [0.5, 0.6) is 5.75 Å². The Kier molecular flexibility index (Phi) is 9.17. The number of hydrogen-bond donors (Lipinski definition) is 2. The van der Waals surface area contributed by atoms with Crippen LogP contribution in [0.25, 0.3) is 0 Å². The minimum Gasteiger partial charge on any atom is -0.491 e. The van der Waals surface area contributed by atoms with Gasteiger partial charge in [-0.25, -0.2) is 23.1 Å². The highest BCUT2D eigenvalue weighted by Crippen LogP contribution is 2.32. The Morgan fingerprint density at radius 2 is 1.82 bits per heavy atom. The number of rotatable bonds is 12. The van der Waals surface area contributed by atoms with Crippen LogP contribution in [0.3, 0.4) is 0 Å². The maximum atomic E-state index is 13.7. The fraction of sp³-hybridized carbons (Fsp3) is 0.333. The molecule has 1 aliphatic rings. The van der Waals surface area contributed by atoms with E-state index in [0.29, 0.717) is 24.5 Å². The lowest BCUT2D eigenvalue weighted by atomic mass is 9.91. The van der Waals surface area contributed by atoms with Gasteiger partial charge < -0.3 is 20.1 Å². The molecule has 11 nitrogen and oxygen atoms in total. The number of ether oxygens (including phenoxy) is 2. The quantitative estimate of drug-likeness (QED) is 0.243. The topological polar surface area (TPSA) is 144 Å². The summed E-state index contributed by atoms with van der Waals surface area (Å²) in [5.74, 6) is -1.41. The van der Waals surface area contributed by atoms with Gasteiger partial charge in [0, 0.05) is 18.4 Å². The van der Waals surface area contributed by atoms with Gasteiger partial charge in [-0.1, -0.05) is 56.3 Å². The summed E-state index contributed by atoms with van der Waals surface area (Å²) in [6.45, 7) is 4.03. The van der Waals surface area contributed by atoms with Gasteiger partial charge in [0.25, 0.3) is 5.91 Å². The number of carbonyl (C=O) groups excluding carboxylic acids is 3. The third kappa shape index (κ3) is 6.32. The van der Waals surface area contributed by atoms with E-state index < -0.39 is 45.7 Å². The van der Waals surface area contributed by atoms with Crippen molar-refractivity contribution in [2.24, 2.45) is 0 Å². The highest BCUT2D eigenvalue weighted by Gasteiger charge is 2.47. The molecule has 0 spiro atoms. The number of sulfone groups is 1. The van der Waals surface area contributed by atoms with E-state index in [9.17, 15) is 22.8 Å². The van der Waals surface area contributed by atoms with E-state index in [1.165, 1.54) is 12.3 Å². The van der Waals surface area contributed by atoms with Crippen molar-refractivity contribution in [1.29, 1.82) is 0 Å². The first-order valence-corrected chi connectivity index (χ1v) is 15.1. The molecule has 4 amide bonds. The van der Waals surface area contributed by atoms with E-state index in [1.807, 2.05) is 6.07 Å². The minimum atomic E-state index is -3.57. The van der Waals surface area contributed by atoms with Gasteiger partial charge >= 0.3 is 6.03 Å². The molecule has 0 bridgehead atoms. The van der Waals surface area contributed by atoms with E-state index >= 15 is 0 Å². The number of methoxy groups -OCH3 is 1. The number of urea groups is 1. The summed E-state index contributed by atoms with van der Waals surface area (Å²) in [5, 5.41) is 6.55. The lowest BCUT2D eigenvalue weighted by Gasteiger charge is -2.29. The van der Waals surface area contributed by atoms with E-state index in [4.69, 9.17) is 9.47 Å². The second-order valence-electron chi connectivity index (χ2n) is 9.03. The van der Waals surface area contributed by atoms with Crippen molar-refractivity contribution in [3.05, 3.63) is 71.1 Å². The van der Waals surface area contributed by atoms with Crippen molar-refractivity contribution in [2.45, 2.75) is 36.9 Å². The number of aromatic nitrogens is 1. The predicted octanol–water partition coefficient (Wildman–Crippen LogP) is 3.37. The smallest absolute Gasteiger partial charge is 0.325 e. The summed E-state index contributed by atoms with van der Waals surface area (Å²) in [6, 6.07) is 12.8. The van der Waals surface area contributed by atoms with E-state index in [1.54, 1.807) is 62.6 Å². The summed E-state index contributed by atoms with van der Waals surface area (Å²) in [5.41, 5.74) is 1.26. The van der Waals surface area contributed by atoms with Crippen LogP contribution in [0.1, 0.15) is 36.9 Å². The Bertz CT molecular complexity index is 1460. The molecule has 2 heterocycles. The zero-order chi connectivity index (χ0) is 28.9. The highest BCUT2D eigenvalue weighted by atomic mass is 32.2. The first kappa shape index (κ1) is 29.2. The predicted molar refractivity (Wildman–Crippen MR) is 149 cm³/mol. The Balaban J connectivity index is 1.61. The van der Waals surface area contributed by atoms with Crippen LogP contribution >= 0.6 is 11.3 Å². The first-order valence-electron chi connectivity index (χ1n) is 12.6. The number of anilines is 1. The number of amides is 4. The molecular weight excluding hydrogens is 556 g/mol. The molecule has 3 aromatic rings. The molecule has 1 saturated heterocycles. The second-order valence-corrected chi connectivity index (χ2v) is 12.1. The Morgan fingerprint density at radius 3 is 2.48 bits per heavy atom.